The molecule has 0 unspecified atom stereocenters. The van der Waals surface area contributed by atoms with Crippen molar-refractivity contribution >= 4 is 46.6 Å². The van der Waals surface area contributed by atoms with E-state index in [4.69, 9.17) is 44.0 Å². The van der Waals surface area contributed by atoms with E-state index in [1.54, 1.807) is 37.4 Å². The Kier molecular flexibility index (Phi) is 5.56. The average molecular weight is 402 g/mol. The minimum absolute atomic E-state index is 0.346. The first-order valence-corrected chi connectivity index (χ1v) is 8.93. The second-order valence-electron chi connectivity index (χ2n) is 4.74. The van der Waals surface area contributed by atoms with Gasteiger partial charge in [0.1, 0.15) is 5.75 Å². The second kappa shape index (κ2) is 7.66. The average Bonchev–Trinajstić information content (AvgIpc) is 3.03. The number of ether oxygens (including phenoxy) is 1. The van der Waals surface area contributed by atoms with E-state index in [0.29, 0.717) is 43.2 Å². The first-order chi connectivity index (χ1) is 11.6. The molecule has 0 aliphatic carbocycles. The third-order valence-electron chi connectivity index (χ3n) is 3.16. The van der Waals surface area contributed by atoms with E-state index in [0.717, 1.165) is 5.56 Å². The van der Waals surface area contributed by atoms with Crippen LogP contribution in [-0.4, -0.2) is 17.3 Å². The number of thioether (sulfide) groups is 1. The predicted octanol–water partition coefficient (Wildman–Crippen LogP) is 6.00. The molecule has 0 N–H and O–H groups in total. The zero-order valence-electron chi connectivity index (χ0n) is 12.4. The molecular formula is C16H11Cl3N2O2S. The van der Waals surface area contributed by atoms with Crippen molar-refractivity contribution in [3.05, 3.63) is 57.0 Å². The maximum absolute atomic E-state index is 6.16. The van der Waals surface area contributed by atoms with Gasteiger partial charge in [0, 0.05) is 20.8 Å². The lowest BCUT2D eigenvalue weighted by Gasteiger charge is -2.05. The molecular weight excluding hydrogens is 391 g/mol. The minimum Gasteiger partial charge on any atom is -0.496 e. The lowest BCUT2D eigenvalue weighted by atomic mass is 10.2. The van der Waals surface area contributed by atoms with Crippen molar-refractivity contribution in [2.45, 2.75) is 11.0 Å². The quantitative estimate of drug-likeness (QED) is 0.491. The van der Waals surface area contributed by atoms with Gasteiger partial charge in [0.2, 0.25) is 0 Å². The van der Waals surface area contributed by atoms with Gasteiger partial charge in [0.25, 0.3) is 11.1 Å². The highest BCUT2D eigenvalue weighted by atomic mass is 35.5. The van der Waals surface area contributed by atoms with Crippen LogP contribution in [0.2, 0.25) is 15.1 Å². The Morgan fingerprint density at radius 3 is 2.54 bits per heavy atom. The summed E-state index contributed by atoms with van der Waals surface area (Å²) in [6.07, 6.45) is 0. The Bertz CT molecular complexity index is 870. The second-order valence-corrected chi connectivity index (χ2v) is 6.95. The summed E-state index contributed by atoms with van der Waals surface area (Å²) in [5.74, 6) is 1.55. The standard InChI is InChI=1S/C16H11Cl3N2O2S/c1-22-14-5-4-10(17)6-12(14)15-20-21-16(23-15)24-8-9-2-3-11(18)7-13(9)19/h2-7H,8H2,1H3. The van der Waals surface area contributed by atoms with Gasteiger partial charge in [-0.25, -0.2) is 0 Å². The van der Waals surface area contributed by atoms with Crippen molar-refractivity contribution in [1.29, 1.82) is 0 Å². The summed E-state index contributed by atoms with van der Waals surface area (Å²) in [6.45, 7) is 0. The molecule has 1 aromatic heterocycles. The summed E-state index contributed by atoms with van der Waals surface area (Å²) in [5.41, 5.74) is 1.58. The third kappa shape index (κ3) is 3.98. The van der Waals surface area contributed by atoms with Gasteiger partial charge in [-0.1, -0.05) is 52.6 Å². The van der Waals surface area contributed by atoms with Gasteiger partial charge in [-0.15, -0.1) is 10.2 Å². The molecule has 3 aromatic rings. The molecule has 2 aromatic carbocycles. The molecule has 124 valence electrons. The Hall–Kier alpha value is -1.40. The first kappa shape index (κ1) is 17.4. The molecule has 0 bridgehead atoms. The largest absolute Gasteiger partial charge is 0.496 e. The van der Waals surface area contributed by atoms with Gasteiger partial charge in [0.05, 0.1) is 12.7 Å². The molecule has 0 aliphatic rings. The van der Waals surface area contributed by atoms with Crippen LogP contribution in [0.3, 0.4) is 0 Å². The maximum Gasteiger partial charge on any atom is 0.277 e. The number of nitrogens with zero attached hydrogens (tertiary/aromatic N) is 2. The van der Waals surface area contributed by atoms with Crippen LogP contribution in [0.4, 0.5) is 0 Å². The molecule has 0 fully saturated rings. The van der Waals surface area contributed by atoms with Crippen LogP contribution in [0, 0.1) is 0 Å². The molecule has 0 amide bonds. The maximum atomic E-state index is 6.16. The van der Waals surface area contributed by atoms with E-state index in [9.17, 15) is 0 Å². The monoisotopic (exact) mass is 400 g/mol. The van der Waals surface area contributed by atoms with E-state index in [1.165, 1.54) is 11.8 Å². The van der Waals surface area contributed by atoms with E-state index in [1.807, 2.05) is 6.07 Å². The van der Waals surface area contributed by atoms with Gasteiger partial charge < -0.3 is 9.15 Å². The number of hydrogen-bond acceptors (Lipinski definition) is 5. The SMILES string of the molecule is COc1ccc(Cl)cc1-c1nnc(SCc2ccc(Cl)cc2Cl)o1. The van der Waals surface area contributed by atoms with Crippen molar-refractivity contribution in [1.82, 2.24) is 10.2 Å². The number of halogens is 3. The highest BCUT2D eigenvalue weighted by Gasteiger charge is 2.15. The van der Waals surface area contributed by atoms with Crippen LogP contribution in [0.5, 0.6) is 5.75 Å². The van der Waals surface area contributed by atoms with Gasteiger partial charge in [-0.3, -0.25) is 0 Å². The van der Waals surface area contributed by atoms with Crippen molar-refractivity contribution < 1.29 is 9.15 Å². The zero-order chi connectivity index (χ0) is 17.1. The number of methoxy groups -OCH3 is 1. The highest BCUT2D eigenvalue weighted by molar-refractivity contribution is 7.98. The van der Waals surface area contributed by atoms with Crippen LogP contribution in [-0.2, 0) is 5.75 Å². The highest BCUT2D eigenvalue weighted by Crippen LogP contribution is 2.34. The fourth-order valence-corrected chi connectivity index (χ4v) is 3.50. The molecule has 0 spiro atoms. The van der Waals surface area contributed by atoms with Gasteiger partial charge in [-0.05, 0) is 35.9 Å². The summed E-state index contributed by atoms with van der Waals surface area (Å²) in [7, 11) is 1.57. The fraction of sp³-hybridized carbons (Fsp3) is 0.125. The van der Waals surface area contributed by atoms with Crippen molar-refractivity contribution in [2.75, 3.05) is 7.11 Å². The Morgan fingerprint density at radius 1 is 1.04 bits per heavy atom. The topological polar surface area (TPSA) is 48.2 Å². The molecule has 0 aliphatic heterocycles. The smallest absolute Gasteiger partial charge is 0.277 e. The van der Waals surface area contributed by atoms with Crippen LogP contribution < -0.4 is 4.74 Å². The summed E-state index contributed by atoms with van der Waals surface area (Å²) in [6, 6.07) is 10.6. The summed E-state index contributed by atoms with van der Waals surface area (Å²) in [4.78, 5) is 0. The van der Waals surface area contributed by atoms with Gasteiger partial charge >= 0.3 is 0 Å². The van der Waals surface area contributed by atoms with Crippen molar-refractivity contribution in [3.8, 4) is 17.2 Å². The van der Waals surface area contributed by atoms with E-state index >= 15 is 0 Å². The molecule has 4 nitrogen and oxygen atoms in total. The molecule has 3 rings (SSSR count). The predicted molar refractivity (Wildman–Crippen MR) is 97.3 cm³/mol. The lowest BCUT2D eigenvalue weighted by molar-refractivity contribution is 0.411. The molecule has 0 radical (unpaired) electrons. The van der Waals surface area contributed by atoms with Crippen molar-refractivity contribution in [3.63, 3.8) is 0 Å². The fourth-order valence-electron chi connectivity index (χ4n) is 2.00. The number of rotatable bonds is 5. The van der Waals surface area contributed by atoms with Crippen LogP contribution in [0.25, 0.3) is 11.5 Å². The first-order valence-electron chi connectivity index (χ1n) is 6.81. The normalized spacial score (nSPS) is 10.8. The Morgan fingerprint density at radius 2 is 1.79 bits per heavy atom. The molecule has 0 saturated carbocycles. The van der Waals surface area contributed by atoms with Gasteiger partial charge in [0.15, 0.2) is 0 Å². The van der Waals surface area contributed by atoms with E-state index in [-0.39, 0.29) is 0 Å². The number of hydrogen-bond donors (Lipinski definition) is 0. The summed E-state index contributed by atoms with van der Waals surface area (Å²) < 4.78 is 11.0. The number of benzene rings is 2. The Labute approximate surface area is 158 Å². The molecule has 24 heavy (non-hydrogen) atoms. The van der Waals surface area contributed by atoms with Crippen LogP contribution in [0.1, 0.15) is 5.56 Å². The van der Waals surface area contributed by atoms with Crippen LogP contribution in [0.15, 0.2) is 46.0 Å². The third-order valence-corrected chi connectivity index (χ3v) is 4.85. The van der Waals surface area contributed by atoms with Gasteiger partial charge in [-0.2, -0.15) is 0 Å². The lowest BCUT2D eigenvalue weighted by Crippen LogP contribution is -1.87. The van der Waals surface area contributed by atoms with E-state index < -0.39 is 0 Å². The zero-order valence-corrected chi connectivity index (χ0v) is 15.5. The summed E-state index contributed by atoms with van der Waals surface area (Å²) in [5, 5.41) is 10.3. The molecule has 0 saturated heterocycles. The summed E-state index contributed by atoms with van der Waals surface area (Å²) >= 11 is 19.5. The molecule has 8 heteroatoms. The van der Waals surface area contributed by atoms with E-state index in [2.05, 4.69) is 10.2 Å². The molecule has 1 heterocycles. The number of aromatic nitrogens is 2. The van der Waals surface area contributed by atoms with Crippen molar-refractivity contribution in [2.24, 2.45) is 0 Å². The molecule has 0 atom stereocenters. The minimum atomic E-state index is 0.346. The Balaban J connectivity index is 1.77. The van der Waals surface area contributed by atoms with Crippen LogP contribution >= 0.6 is 46.6 Å².